The molecule has 0 radical (unpaired) electrons. The van der Waals surface area contributed by atoms with Crippen LogP contribution in [0.4, 0.5) is 11.8 Å². The van der Waals surface area contributed by atoms with E-state index in [0.29, 0.717) is 11.0 Å². The van der Waals surface area contributed by atoms with E-state index in [1.54, 1.807) is 16.8 Å². The van der Waals surface area contributed by atoms with Crippen LogP contribution in [0, 0.1) is 0 Å². The first kappa shape index (κ1) is 31.9. The van der Waals surface area contributed by atoms with Crippen molar-refractivity contribution in [3.63, 3.8) is 0 Å². The Balaban J connectivity index is 0.00000123. The lowest BCUT2D eigenvalue weighted by Gasteiger charge is -2.25. The molecule has 8 atom stereocenters. The van der Waals surface area contributed by atoms with Gasteiger partial charge in [-0.3, -0.25) is 23.4 Å². The molecule has 21 nitrogen and oxygen atoms in total. The van der Waals surface area contributed by atoms with Gasteiger partial charge >= 0.3 is 16.5 Å². The summed E-state index contributed by atoms with van der Waals surface area (Å²) in [5, 5.41) is 31.5. The Labute approximate surface area is 246 Å². The van der Waals surface area contributed by atoms with E-state index in [-0.39, 0.29) is 29.4 Å². The number of nitrogens with zero attached hydrogens (tertiary/aromatic N) is 6. The van der Waals surface area contributed by atoms with E-state index < -0.39 is 78.3 Å². The van der Waals surface area contributed by atoms with Crippen molar-refractivity contribution in [2.45, 2.75) is 49.4 Å². The number of anilines is 2. The van der Waals surface area contributed by atoms with Gasteiger partial charge < -0.3 is 50.6 Å². The third-order valence-corrected chi connectivity index (χ3v) is 7.91. The van der Waals surface area contributed by atoms with Crippen molar-refractivity contribution in [1.82, 2.24) is 34.1 Å². The van der Waals surface area contributed by atoms with Crippen molar-refractivity contribution in [3.05, 3.63) is 35.3 Å². The molecule has 0 spiro atoms. The number of fused-ring (bicyclic) bond motifs is 2. The van der Waals surface area contributed by atoms with Crippen LogP contribution in [-0.4, -0.2) is 103 Å². The molecular formula is C21H27N9O12P2. The maximum Gasteiger partial charge on any atom is 0.472 e. The first-order valence-electron chi connectivity index (χ1n) is 12.7. The van der Waals surface area contributed by atoms with Crippen LogP contribution in [0.3, 0.4) is 0 Å². The number of nitrogen functional groups attached to an aromatic ring is 2. The van der Waals surface area contributed by atoms with Crippen LogP contribution in [0.1, 0.15) is 18.9 Å². The van der Waals surface area contributed by atoms with Gasteiger partial charge in [0.1, 0.15) is 48.4 Å². The van der Waals surface area contributed by atoms with Gasteiger partial charge in [-0.05, 0) is 6.07 Å². The summed E-state index contributed by atoms with van der Waals surface area (Å²) in [6.07, 6.45) is -4.31. The second-order valence-electron chi connectivity index (χ2n) is 9.58. The highest BCUT2D eigenvalue weighted by atomic mass is 31.2. The highest BCUT2D eigenvalue weighted by Crippen LogP contribution is 2.50. The molecule has 2 aliphatic heterocycles. The minimum Gasteiger partial charge on any atom is -0.394 e. The Morgan fingerprint density at radius 2 is 1.91 bits per heavy atom. The number of aromatic nitrogens is 7. The zero-order chi connectivity index (χ0) is 31.8. The second-order valence-corrected chi connectivity index (χ2v) is 11.2. The molecule has 23 heteroatoms. The van der Waals surface area contributed by atoms with Crippen LogP contribution in [-0.2, 0) is 27.7 Å². The quantitative estimate of drug-likeness (QED) is 0.0978. The summed E-state index contributed by atoms with van der Waals surface area (Å²) >= 11 is 0. The number of nitrogens with one attached hydrogen (secondary N) is 1. The zero-order valence-corrected chi connectivity index (χ0v) is 24.1. The van der Waals surface area contributed by atoms with E-state index in [1.807, 2.05) is 0 Å². The normalized spacial score (nSPS) is 28.3. The Hall–Kier alpha value is -3.46. The molecule has 4 aromatic heterocycles. The first-order chi connectivity index (χ1) is 21.0. The summed E-state index contributed by atoms with van der Waals surface area (Å²) in [6, 6.07) is 1.70. The van der Waals surface area contributed by atoms with E-state index in [4.69, 9.17) is 39.4 Å². The van der Waals surface area contributed by atoms with Gasteiger partial charge in [0, 0.05) is 12.6 Å². The van der Waals surface area contributed by atoms with Crippen molar-refractivity contribution in [2.24, 2.45) is 0 Å². The largest absolute Gasteiger partial charge is 0.472 e. The van der Waals surface area contributed by atoms with Crippen molar-refractivity contribution in [3.8, 4) is 0 Å². The molecule has 2 aliphatic rings. The third-order valence-electron chi connectivity index (χ3n) is 6.93. The highest BCUT2D eigenvalue weighted by molar-refractivity contribution is 7.47. The van der Waals surface area contributed by atoms with Gasteiger partial charge in [0.25, 0.3) is 5.56 Å². The number of phosphoric acid groups is 1. The number of rotatable bonds is 8. The predicted octanol–water partition coefficient (Wildman–Crippen LogP) is -1.68. The van der Waals surface area contributed by atoms with Crippen LogP contribution >= 0.6 is 16.5 Å². The molecule has 0 aromatic carbocycles. The number of H-pyrrole nitrogens is 1. The van der Waals surface area contributed by atoms with Crippen molar-refractivity contribution in [2.75, 3.05) is 24.7 Å². The first-order valence-corrected chi connectivity index (χ1v) is 14.9. The molecule has 44 heavy (non-hydrogen) atoms. The monoisotopic (exact) mass is 659 g/mol. The highest BCUT2D eigenvalue weighted by Gasteiger charge is 2.49. The van der Waals surface area contributed by atoms with Gasteiger partial charge in [-0.25, -0.2) is 24.1 Å². The molecule has 0 amide bonds. The molecule has 6 heterocycles. The summed E-state index contributed by atoms with van der Waals surface area (Å²) < 4.78 is 46.2. The molecule has 3 unspecified atom stereocenters. The molecular weight excluding hydrogens is 632 g/mol. The van der Waals surface area contributed by atoms with Crippen molar-refractivity contribution in [1.29, 1.82) is 0 Å². The van der Waals surface area contributed by atoms with Crippen molar-refractivity contribution >= 4 is 50.5 Å². The summed E-state index contributed by atoms with van der Waals surface area (Å²) in [7, 11) is -5.78. The fraction of sp³-hybridized carbons (Fsp3) is 0.476. The number of phosphoric ester groups is 1. The topological polar surface area (TPSA) is 319 Å². The number of aliphatic hydroxyl groups is 3. The molecule has 10 N–H and O–H groups in total. The van der Waals surface area contributed by atoms with E-state index in [9.17, 15) is 29.6 Å². The minimum atomic E-state index is -4.94. The molecule has 2 saturated heterocycles. The Morgan fingerprint density at radius 3 is 2.64 bits per heavy atom. The SMILES string of the molecule is Nc1nc2c(ncn2[C@@H]2O[C@H](CO)C(O)[C@@H]2OP(=O)(O)OC[C@H]2O[C@@H](n3ccc4c(N)ncnc43)CC2O)c(=O)[nH]1.O=PO. The summed E-state index contributed by atoms with van der Waals surface area (Å²) in [4.78, 5) is 48.1. The predicted molar refractivity (Wildman–Crippen MR) is 147 cm³/mol. The van der Waals surface area contributed by atoms with E-state index in [1.165, 1.54) is 10.9 Å². The maximum absolute atomic E-state index is 13.0. The lowest BCUT2D eigenvalue weighted by molar-refractivity contribution is -0.0592. The summed E-state index contributed by atoms with van der Waals surface area (Å²) in [5.74, 6) is 0.0486. The molecule has 6 rings (SSSR count). The minimum absolute atomic E-state index is 0.0533. The van der Waals surface area contributed by atoms with E-state index >= 15 is 0 Å². The molecule has 238 valence electrons. The van der Waals surface area contributed by atoms with E-state index in [2.05, 4.69) is 24.9 Å². The Bertz CT molecular complexity index is 1750. The fourth-order valence-corrected chi connectivity index (χ4v) is 5.88. The number of imidazole rings is 1. The number of nitrogens with two attached hydrogens (primary N) is 2. The number of hydrogen-bond acceptors (Lipinski definition) is 16. The molecule has 4 aromatic rings. The van der Waals surface area contributed by atoms with Gasteiger partial charge in [0.05, 0.1) is 31.0 Å². The smallest absolute Gasteiger partial charge is 0.394 e. The lowest BCUT2D eigenvalue weighted by Crippen LogP contribution is -2.35. The maximum atomic E-state index is 13.0. The van der Waals surface area contributed by atoms with E-state index in [0.717, 1.165) is 6.33 Å². The number of hydrogen-bond donors (Lipinski definition) is 8. The van der Waals surface area contributed by atoms with Gasteiger partial charge in [-0.2, -0.15) is 4.98 Å². The number of aromatic amines is 1. The standard InChI is InChI=1S/C21H26N9O10P.HO2P/c22-16-8-1-2-29(17(8)25-6-24-16)12-3-9(32)11(38-12)5-37-41(35,36)40-15-14(33)10(4-31)39-20(15)30-7-26-13-18(30)27-21(23)28-19(13)34;1-3-2/h1-2,6-7,9-12,14-15,20,31-33H,3-5H2,(H,35,36)(H2,22,24,25)(H3,23,27,28,34);(H,1,2)/t9?,10-,11-,12-,14?,15+,20-;/m1./s1. The van der Waals surface area contributed by atoms with Gasteiger partial charge in [0.2, 0.25) is 5.95 Å². The molecule has 2 fully saturated rings. The molecule has 0 aliphatic carbocycles. The molecule has 0 saturated carbocycles. The average Bonchev–Trinajstić information content (AvgIpc) is 3.74. The lowest BCUT2D eigenvalue weighted by atomic mass is 10.1. The summed E-state index contributed by atoms with van der Waals surface area (Å²) in [6.45, 7) is -1.22. The molecule has 0 bridgehead atoms. The van der Waals surface area contributed by atoms with Crippen LogP contribution in [0.25, 0.3) is 22.2 Å². The van der Waals surface area contributed by atoms with Crippen molar-refractivity contribution < 1.29 is 52.8 Å². The third kappa shape index (κ3) is 6.21. The van der Waals surface area contributed by atoms with Gasteiger partial charge in [0.15, 0.2) is 17.4 Å². The summed E-state index contributed by atoms with van der Waals surface area (Å²) in [5.41, 5.74) is 11.2. The van der Waals surface area contributed by atoms with Crippen LogP contribution < -0.4 is 17.0 Å². The zero-order valence-electron chi connectivity index (χ0n) is 22.3. The van der Waals surface area contributed by atoms with Crippen LogP contribution in [0.5, 0.6) is 0 Å². The van der Waals surface area contributed by atoms with Crippen LogP contribution in [0.15, 0.2) is 29.7 Å². The van der Waals surface area contributed by atoms with Crippen LogP contribution in [0.2, 0.25) is 0 Å². The van der Waals surface area contributed by atoms with Gasteiger partial charge in [-0.1, -0.05) is 0 Å². The average molecular weight is 659 g/mol. The Kier molecular flexibility index (Phi) is 9.35. The number of aliphatic hydroxyl groups excluding tert-OH is 3. The Morgan fingerprint density at radius 1 is 1.16 bits per heavy atom. The van der Waals surface area contributed by atoms with Gasteiger partial charge in [-0.15, -0.1) is 0 Å². The second kappa shape index (κ2) is 12.9. The fourth-order valence-electron chi connectivity index (χ4n) is 4.95. The number of ether oxygens (including phenoxy) is 2.